The molecule has 1 rings (SSSR count). The van der Waals surface area contributed by atoms with Crippen LogP contribution in [0.5, 0.6) is 5.75 Å². The van der Waals surface area contributed by atoms with Gasteiger partial charge < -0.3 is 4.74 Å². The maximum Gasteiger partial charge on any atom is 0.148 e. The highest BCUT2D eigenvalue weighted by molar-refractivity contribution is 6.31. The summed E-state index contributed by atoms with van der Waals surface area (Å²) in [5.74, 6) is 3.10. The van der Waals surface area contributed by atoms with Crippen molar-refractivity contribution < 1.29 is 4.74 Å². The lowest BCUT2D eigenvalue weighted by Gasteiger charge is -2.03. The Bertz CT molecular complexity index is 312. The summed E-state index contributed by atoms with van der Waals surface area (Å²) in [6, 6.07) is 5.50. The van der Waals surface area contributed by atoms with Gasteiger partial charge in [-0.15, -0.1) is 6.42 Å². The Hall–Kier alpha value is -1.13. The van der Waals surface area contributed by atoms with Crippen LogP contribution in [0, 0.1) is 19.3 Å². The van der Waals surface area contributed by atoms with Gasteiger partial charge in [-0.25, -0.2) is 0 Å². The van der Waals surface area contributed by atoms with Crippen molar-refractivity contribution in [3.05, 3.63) is 28.8 Å². The molecule has 1 nitrogen and oxygen atoms in total. The molecule has 0 bridgehead atoms. The molecule has 0 saturated carbocycles. The van der Waals surface area contributed by atoms with Crippen molar-refractivity contribution in [2.75, 3.05) is 6.61 Å². The van der Waals surface area contributed by atoms with Gasteiger partial charge in [-0.2, -0.15) is 0 Å². The number of aryl methyl sites for hydroxylation is 1. The molecule has 0 N–H and O–H groups in total. The molecule has 12 heavy (non-hydrogen) atoms. The lowest BCUT2D eigenvalue weighted by Crippen LogP contribution is -1.93. The largest absolute Gasteiger partial charge is 0.481 e. The van der Waals surface area contributed by atoms with Crippen molar-refractivity contribution in [1.29, 1.82) is 0 Å². The van der Waals surface area contributed by atoms with Gasteiger partial charge in [0.2, 0.25) is 0 Å². The third kappa shape index (κ3) is 2.18. The zero-order chi connectivity index (χ0) is 8.97. The molecule has 0 aromatic heterocycles. The summed E-state index contributed by atoms with van der Waals surface area (Å²) in [6.45, 7) is 2.21. The van der Waals surface area contributed by atoms with Crippen LogP contribution in [-0.2, 0) is 0 Å². The summed E-state index contributed by atoms with van der Waals surface area (Å²) in [7, 11) is 0. The van der Waals surface area contributed by atoms with Gasteiger partial charge in [0.1, 0.15) is 12.4 Å². The van der Waals surface area contributed by atoms with E-state index in [0.717, 1.165) is 5.56 Å². The summed E-state index contributed by atoms with van der Waals surface area (Å²) in [5.41, 5.74) is 1.03. The fourth-order valence-corrected chi connectivity index (χ4v) is 0.959. The van der Waals surface area contributed by atoms with Gasteiger partial charge in [0.15, 0.2) is 0 Å². The van der Waals surface area contributed by atoms with Crippen LogP contribution in [0.25, 0.3) is 0 Å². The summed E-state index contributed by atoms with van der Waals surface area (Å²) >= 11 is 5.86. The minimum atomic E-state index is 0.277. The first kappa shape index (κ1) is 8.96. The van der Waals surface area contributed by atoms with Gasteiger partial charge >= 0.3 is 0 Å². The van der Waals surface area contributed by atoms with Crippen molar-refractivity contribution in [2.45, 2.75) is 6.92 Å². The minimum Gasteiger partial charge on any atom is -0.481 e. The zero-order valence-electron chi connectivity index (χ0n) is 6.80. The highest BCUT2D eigenvalue weighted by atomic mass is 35.5. The number of benzene rings is 1. The van der Waals surface area contributed by atoms with E-state index in [9.17, 15) is 0 Å². The second-order valence-electron chi connectivity index (χ2n) is 2.40. The van der Waals surface area contributed by atoms with E-state index in [0.29, 0.717) is 10.8 Å². The summed E-state index contributed by atoms with van der Waals surface area (Å²) in [4.78, 5) is 0. The minimum absolute atomic E-state index is 0.277. The highest BCUT2D eigenvalue weighted by Gasteiger charge is 1.96. The quantitative estimate of drug-likeness (QED) is 0.636. The maximum atomic E-state index is 5.86. The van der Waals surface area contributed by atoms with Crippen LogP contribution in [0.2, 0.25) is 5.02 Å². The average Bonchev–Trinajstić information content (AvgIpc) is 2.07. The third-order valence-electron chi connectivity index (χ3n) is 1.47. The van der Waals surface area contributed by atoms with Gasteiger partial charge in [0, 0.05) is 5.02 Å². The van der Waals surface area contributed by atoms with E-state index < -0.39 is 0 Å². The van der Waals surface area contributed by atoms with Gasteiger partial charge in [-0.1, -0.05) is 23.6 Å². The molecule has 0 saturated heterocycles. The van der Waals surface area contributed by atoms with E-state index in [1.165, 1.54) is 0 Å². The Balaban J connectivity index is 2.77. The Kier molecular flexibility index (Phi) is 3.01. The molecule has 0 spiro atoms. The standard InChI is InChI=1S/C10H9ClO/c1-3-6-12-9-5-4-8(2)10(11)7-9/h1,4-5,7H,6H2,2H3. The molecule has 0 aliphatic carbocycles. The van der Waals surface area contributed by atoms with Crippen LogP contribution in [0.4, 0.5) is 0 Å². The van der Waals surface area contributed by atoms with Gasteiger partial charge in [-0.3, -0.25) is 0 Å². The number of halogens is 1. The van der Waals surface area contributed by atoms with E-state index in [1.54, 1.807) is 6.07 Å². The SMILES string of the molecule is C#CCOc1ccc(C)c(Cl)c1. The van der Waals surface area contributed by atoms with E-state index in [1.807, 2.05) is 19.1 Å². The predicted molar refractivity (Wildman–Crippen MR) is 50.5 cm³/mol. The summed E-state index contributed by atoms with van der Waals surface area (Å²) in [6.07, 6.45) is 5.04. The first-order valence-electron chi connectivity index (χ1n) is 3.56. The first-order valence-corrected chi connectivity index (χ1v) is 3.94. The molecule has 0 atom stereocenters. The summed E-state index contributed by atoms with van der Waals surface area (Å²) < 4.78 is 5.17. The van der Waals surface area contributed by atoms with Crippen LogP contribution >= 0.6 is 11.6 Å². The van der Waals surface area contributed by atoms with Crippen LogP contribution in [0.3, 0.4) is 0 Å². The Morgan fingerprint density at radius 1 is 1.58 bits per heavy atom. The van der Waals surface area contributed by atoms with Gasteiger partial charge in [0.25, 0.3) is 0 Å². The molecule has 1 aromatic rings. The van der Waals surface area contributed by atoms with E-state index >= 15 is 0 Å². The fourth-order valence-electron chi connectivity index (χ4n) is 0.788. The molecule has 0 amide bonds. The number of rotatable bonds is 2. The maximum absolute atomic E-state index is 5.86. The number of hydrogen-bond acceptors (Lipinski definition) is 1. The molecule has 2 heteroatoms. The monoisotopic (exact) mass is 180 g/mol. The molecule has 0 aliphatic rings. The van der Waals surface area contributed by atoms with Crippen LogP contribution in [-0.4, -0.2) is 6.61 Å². The third-order valence-corrected chi connectivity index (χ3v) is 1.87. The van der Waals surface area contributed by atoms with Crippen LogP contribution in [0.1, 0.15) is 5.56 Å². The Morgan fingerprint density at radius 3 is 2.92 bits per heavy atom. The molecule has 0 radical (unpaired) electrons. The van der Waals surface area contributed by atoms with Gasteiger partial charge in [0.05, 0.1) is 0 Å². The predicted octanol–water partition coefficient (Wildman–Crippen LogP) is 2.66. The van der Waals surface area contributed by atoms with Crippen molar-refractivity contribution in [3.8, 4) is 18.1 Å². The number of ether oxygens (including phenoxy) is 1. The van der Waals surface area contributed by atoms with Crippen molar-refractivity contribution in [3.63, 3.8) is 0 Å². The highest BCUT2D eigenvalue weighted by Crippen LogP contribution is 2.21. The second-order valence-corrected chi connectivity index (χ2v) is 2.81. The fraction of sp³-hybridized carbons (Fsp3) is 0.200. The summed E-state index contributed by atoms with van der Waals surface area (Å²) in [5, 5.41) is 0.699. The van der Waals surface area contributed by atoms with Gasteiger partial charge in [-0.05, 0) is 24.6 Å². The Morgan fingerprint density at radius 2 is 2.33 bits per heavy atom. The molecule has 1 aromatic carbocycles. The first-order chi connectivity index (χ1) is 5.74. The molecule has 0 heterocycles. The molecular weight excluding hydrogens is 172 g/mol. The topological polar surface area (TPSA) is 9.23 Å². The van der Waals surface area contributed by atoms with Crippen LogP contribution in [0.15, 0.2) is 18.2 Å². The van der Waals surface area contributed by atoms with E-state index in [2.05, 4.69) is 5.92 Å². The van der Waals surface area contributed by atoms with E-state index in [4.69, 9.17) is 22.8 Å². The molecular formula is C10H9ClO. The van der Waals surface area contributed by atoms with Crippen LogP contribution < -0.4 is 4.74 Å². The average molecular weight is 181 g/mol. The molecule has 0 fully saturated rings. The normalized spacial score (nSPS) is 9.08. The van der Waals surface area contributed by atoms with Crippen molar-refractivity contribution in [2.24, 2.45) is 0 Å². The van der Waals surface area contributed by atoms with Crippen molar-refractivity contribution >= 4 is 11.6 Å². The van der Waals surface area contributed by atoms with Crippen molar-refractivity contribution in [1.82, 2.24) is 0 Å². The number of hydrogen-bond donors (Lipinski definition) is 0. The zero-order valence-corrected chi connectivity index (χ0v) is 7.56. The molecule has 0 aliphatic heterocycles. The smallest absolute Gasteiger partial charge is 0.148 e. The number of terminal acetylenes is 1. The lowest BCUT2D eigenvalue weighted by atomic mass is 10.2. The molecule has 62 valence electrons. The second kappa shape index (κ2) is 4.04. The molecule has 0 unspecified atom stereocenters. The van der Waals surface area contributed by atoms with E-state index in [-0.39, 0.29) is 6.61 Å². The lowest BCUT2D eigenvalue weighted by molar-refractivity contribution is 0.370. The Labute approximate surface area is 77.3 Å².